The second kappa shape index (κ2) is 7.00. The fourth-order valence-electron chi connectivity index (χ4n) is 2.04. The molecule has 0 bridgehead atoms. The molecule has 0 radical (unpaired) electrons. The Hall–Kier alpha value is -1.76. The van der Waals surface area contributed by atoms with Gasteiger partial charge in [0.25, 0.3) is 0 Å². The first-order valence-electron chi connectivity index (χ1n) is 7.13. The van der Waals surface area contributed by atoms with Crippen LogP contribution < -0.4 is 10.1 Å². The Labute approximate surface area is 127 Å². The van der Waals surface area contributed by atoms with E-state index in [1.807, 2.05) is 0 Å². The molecule has 1 fully saturated rings. The number of alkyl halides is 3. The molecule has 1 aromatic carbocycles. The Bertz CT molecular complexity index is 516. The van der Waals surface area contributed by atoms with E-state index in [1.54, 1.807) is 13.1 Å². The lowest BCUT2D eigenvalue weighted by atomic mass is 10.2. The molecule has 7 heteroatoms. The number of hydrogen-bond acceptors (Lipinski definition) is 3. The number of nitrogens with zero attached hydrogens (tertiary/aromatic N) is 1. The number of nitrogens with one attached hydrogen (secondary N) is 1. The van der Waals surface area contributed by atoms with Crippen LogP contribution in [0.2, 0.25) is 0 Å². The van der Waals surface area contributed by atoms with E-state index in [0.29, 0.717) is 11.5 Å². The molecule has 0 atom stereocenters. The van der Waals surface area contributed by atoms with Gasteiger partial charge >= 0.3 is 6.36 Å². The molecule has 0 aromatic heterocycles. The molecule has 1 saturated carbocycles. The van der Waals surface area contributed by atoms with Crippen LogP contribution in [0.25, 0.3) is 0 Å². The number of rotatable bonds is 7. The number of halogens is 3. The first-order chi connectivity index (χ1) is 10.3. The van der Waals surface area contributed by atoms with E-state index in [2.05, 4.69) is 10.1 Å². The molecule has 4 nitrogen and oxygen atoms in total. The minimum Gasteiger partial charge on any atom is -0.406 e. The van der Waals surface area contributed by atoms with E-state index in [9.17, 15) is 18.0 Å². The average molecular weight is 316 g/mol. The normalized spacial score (nSPS) is 14.7. The second-order valence-electron chi connectivity index (χ2n) is 5.52. The van der Waals surface area contributed by atoms with Crippen LogP contribution >= 0.6 is 0 Å². The molecule has 1 aromatic rings. The van der Waals surface area contributed by atoms with Crippen molar-refractivity contribution in [2.45, 2.75) is 25.7 Å². The van der Waals surface area contributed by atoms with Crippen molar-refractivity contribution in [2.75, 3.05) is 20.1 Å². The van der Waals surface area contributed by atoms with Gasteiger partial charge < -0.3 is 15.0 Å². The van der Waals surface area contributed by atoms with Crippen LogP contribution in [0.1, 0.15) is 18.4 Å². The lowest BCUT2D eigenvalue weighted by molar-refractivity contribution is -0.274. The quantitative estimate of drug-likeness (QED) is 0.840. The van der Waals surface area contributed by atoms with E-state index >= 15 is 0 Å². The number of likely N-dealkylation sites (N-methyl/N-ethyl adjacent to an activating group) is 1. The summed E-state index contributed by atoms with van der Waals surface area (Å²) in [5, 5.41) is 3.09. The summed E-state index contributed by atoms with van der Waals surface area (Å²) < 4.78 is 40.4. The van der Waals surface area contributed by atoms with Crippen LogP contribution in [-0.4, -0.2) is 37.3 Å². The number of carbonyl (C=O) groups is 1. The Morgan fingerprint density at radius 3 is 2.77 bits per heavy atom. The second-order valence-corrected chi connectivity index (χ2v) is 5.52. The highest BCUT2D eigenvalue weighted by atomic mass is 19.4. The summed E-state index contributed by atoms with van der Waals surface area (Å²) in [4.78, 5) is 13.4. The van der Waals surface area contributed by atoms with Crippen molar-refractivity contribution in [2.24, 2.45) is 5.92 Å². The van der Waals surface area contributed by atoms with Crippen molar-refractivity contribution in [3.63, 3.8) is 0 Å². The summed E-state index contributed by atoms with van der Waals surface area (Å²) in [6, 6.07) is 5.65. The van der Waals surface area contributed by atoms with Gasteiger partial charge in [0.2, 0.25) is 5.91 Å². The molecule has 2 rings (SSSR count). The van der Waals surface area contributed by atoms with Crippen LogP contribution in [0, 0.1) is 5.92 Å². The molecular weight excluding hydrogens is 297 g/mol. The van der Waals surface area contributed by atoms with Crippen molar-refractivity contribution >= 4 is 5.91 Å². The summed E-state index contributed by atoms with van der Waals surface area (Å²) in [6.45, 7) is 1.32. The topological polar surface area (TPSA) is 41.6 Å². The van der Waals surface area contributed by atoms with Crippen molar-refractivity contribution < 1.29 is 22.7 Å². The van der Waals surface area contributed by atoms with Crippen LogP contribution in [-0.2, 0) is 11.3 Å². The highest BCUT2D eigenvalue weighted by Crippen LogP contribution is 2.27. The number of carbonyl (C=O) groups excluding carboxylic acids is 1. The van der Waals surface area contributed by atoms with Gasteiger partial charge in [0.15, 0.2) is 0 Å². The predicted molar refractivity (Wildman–Crippen MR) is 75.2 cm³/mol. The van der Waals surface area contributed by atoms with E-state index < -0.39 is 6.36 Å². The molecule has 0 spiro atoms. The van der Waals surface area contributed by atoms with Gasteiger partial charge in [-0.05, 0) is 43.0 Å². The maximum Gasteiger partial charge on any atom is 0.573 e. The Kier molecular flexibility index (Phi) is 5.28. The molecule has 0 saturated heterocycles. The SMILES string of the molecule is CN(Cc1cccc(OC(F)(F)F)c1)C(=O)CNCC1CC1. The summed E-state index contributed by atoms with van der Waals surface area (Å²) in [6.07, 6.45) is -2.29. The van der Waals surface area contributed by atoms with Gasteiger partial charge in [-0.15, -0.1) is 13.2 Å². The van der Waals surface area contributed by atoms with Gasteiger partial charge in [-0.25, -0.2) is 0 Å². The third-order valence-corrected chi connectivity index (χ3v) is 3.38. The number of ether oxygens (including phenoxy) is 1. The first-order valence-corrected chi connectivity index (χ1v) is 7.13. The summed E-state index contributed by atoms with van der Waals surface area (Å²) in [5.74, 6) is 0.315. The van der Waals surface area contributed by atoms with Crippen LogP contribution in [0.15, 0.2) is 24.3 Å². The maximum absolute atomic E-state index is 12.2. The third-order valence-electron chi connectivity index (χ3n) is 3.38. The van der Waals surface area contributed by atoms with Gasteiger partial charge in [-0.1, -0.05) is 12.1 Å². The summed E-state index contributed by atoms with van der Waals surface area (Å²) in [5.41, 5.74) is 0.583. The average Bonchev–Trinajstić information content (AvgIpc) is 3.21. The maximum atomic E-state index is 12.2. The minimum atomic E-state index is -4.72. The molecule has 122 valence electrons. The summed E-state index contributed by atoms with van der Waals surface area (Å²) in [7, 11) is 1.62. The molecule has 1 aliphatic carbocycles. The molecule has 1 aliphatic rings. The smallest absolute Gasteiger partial charge is 0.406 e. The van der Waals surface area contributed by atoms with Gasteiger partial charge in [0, 0.05) is 13.6 Å². The largest absolute Gasteiger partial charge is 0.573 e. The highest BCUT2D eigenvalue weighted by molar-refractivity contribution is 5.77. The zero-order valence-corrected chi connectivity index (χ0v) is 12.3. The molecule has 0 unspecified atom stereocenters. The van der Waals surface area contributed by atoms with Crippen LogP contribution in [0.3, 0.4) is 0 Å². The monoisotopic (exact) mass is 316 g/mol. The van der Waals surface area contributed by atoms with Crippen molar-refractivity contribution in [3.8, 4) is 5.75 Å². The molecular formula is C15H19F3N2O2. The minimum absolute atomic E-state index is 0.0946. The van der Waals surface area contributed by atoms with Crippen molar-refractivity contribution in [3.05, 3.63) is 29.8 Å². The lowest BCUT2D eigenvalue weighted by Crippen LogP contribution is -2.35. The van der Waals surface area contributed by atoms with E-state index in [-0.39, 0.29) is 24.7 Å². The van der Waals surface area contributed by atoms with Gasteiger partial charge in [-0.2, -0.15) is 0 Å². The van der Waals surface area contributed by atoms with Crippen molar-refractivity contribution in [1.29, 1.82) is 0 Å². The van der Waals surface area contributed by atoms with E-state index in [0.717, 1.165) is 6.54 Å². The Balaban J connectivity index is 1.83. The molecule has 22 heavy (non-hydrogen) atoms. The third kappa shape index (κ3) is 5.93. The number of hydrogen-bond donors (Lipinski definition) is 1. The summed E-state index contributed by atoms with van der Waals surface area (Å²) >= 11 is 0. The van der Waals surface area contributed by atoms with Crippen LogP contribution in [0.5, 0.6) is 5.75 Å². The first kappa shape index (κ1) is 16.6. The molecule has 0 heterocycles. The van der Waals surface area contributed by atoms with Gasteiger partial charge in [-0.3, -0.25) is 4.79 Å². The number of benzene rings is 1. The Morgan fingerprint density at radius 2 is 2.14 bits per heavy atom. The molecule has 0 aliphatic heterocycles. The van der Waals surface area contributed by atoms with E-state index in [4.69, 9.17) is 0 Å². The Morgan fingerprint density at radius 1 is 1.41 bits per heavy atom. The van der Waals surface area contributed by atoms with Crippen LogP contribution in [0.4, 0.5) is 13.2 Å². The van der Waals surface area contributed by atoms with Gasteiger partial charge in [0.1, 0.15) is 5.75 Å². The molecule has 1 N–H and O–H groups in total. The fourth-order valence-corrected chi connectivity index (χ4v) is 2.04. The van der Waals surface area contributed by atoms with Gasteiger partial charge in [0.05, 0.1) is 6.54 Å². The van der Waals surface area contributed by atoms with Crippen molar-refractivity contribution in [1.82, 2.24) is 10.2 Å². The predicted octanol–water partition coefficient (Wildman–Crippen LogP) is 2.54. The van der Waals surface area contributed by atoms with E-state index in [1.165, 1.54) is 35.9 Å². The number of amides is 1. The zero-order chi connectivity index (χ0) is 16.2. The standard InChI is InChI=1S/C15H19F3N2O2/c1-20(14(21)9-19-8-11-5-6-11)10-12-3-2-4-13(7-12)22-15(16,17)18/h2-4,7,11,19H,5-6,8-10H2,1H3. The highest BCUT2D eigenvalue weighted by Gasteiger charge is 2.31. The lowest BCUT2D eigenvalue weighted by Gasteiger charge is -2.18. The molecule has 1 amide bonds. The zero-order valence-electron chi connectivity index (χ0n) is 12.3. The fraction of sp³-hybridized carbons (Fsp3) is 0.533.